The first-order valence-electron chi connectivity index (χ1n) is 11.0. The Labute approximate surface area is 180 Å². The van der Waals surface area contributed by atoms with Crippen LogP contribution in [-0.4, -0.2) is 72.3 Å². The summed E-state index contributed by atoms with van der Waals surface area (Å²) < 4.78 is 0. The Kier molecular flexibility index (Phi) is 8.03. The van der Waals surface area contributed by atoms with Crippen LogP contribution in [0.5, 0.6) is 0 Å². The smallest absolute Gasteiger partial charge is 0.254 e. The molecule has 1 fully saturated rings. The fourth-order valence-electron chi connectivity index (χ4n) is 4.02. The largest absolute Gasteiger partial charge is 0.342 e. The molecule has 5 heteroatoms. The van der Waals surface area contributed by atoms with Gasteiger partial charge in [0.2, 0.25) is 5.91 Å². The topological polar surface area (TPSA) is 43.9 Å². The molecular formula is C25H33N3O2. The highest BCUT2D eigenvalue weighted by molar-refractivity contribution is 5.95. The Morgan fingerprint density at radius 1 is 0.833 bits per heavy atom. The van der Waals surface area contributed by atoms with Crippen molar-refractivity contribution in [2.24, 2.45) is 0 Å². The lowest BCUT2D eigenvalue weighted by Crippen LogP contribution is -2.51. The molecule has 3 rings (SSSR count). The molecular weight excluding hydrogens is 374 g/mol. The Morgan fingerprint density at radius 3 is 2.13 bits per heavy atom. The minimum Gasteiger partial charge on any atom is -0.342 e. The summed E-state index contributed by atoms with van der Waals surface area (Å²) in [5.74, 6) is 0.277. The summed E-state index contributed by atoms with van der Waals surface area (Å²) in [6.07, 6.45) is 1.77. The molecule has 2 amide bonds. The predicted molar refractivity (Wildman–Crippen MR) is 121 cm³/mol. The van der Waals surface area contributed by atoms with Gasteiger partial charge in [0, 0.05) is 44.8 Å². The number of hydrogen-bond donors (Lipinski definition) is 0. The molecule has 0 aromatic heterocycles. The van der Waals surface area contributed by atoms with Gasteiger partial charge in [0.15, 0.2) is 0 Å². The summed E-state index contributed by atoms with van der Waals surface area (Å²) in [5, 5.41) is 0. The van der Waals surface area contributed by atoms with Crippen LogP contribution >= 0.6 is 0 Å². The third-order valence-electron chi connectivity index (χ3n) is 5.91. The quantitative estimate of drug-likeness (QED) is 0.675. The molecule has 0 atom stereocenters. The van der Waals surface area contributed by atoms with Crippen LogP contribution in [-0.2, 0) is 17.6 Å². The van der Waals surface area contributed by atoms with Crippen molar-refractivity contribution in [3.63, 3.8) is 0 Å². The summed E-state index contributed by atoms with van der Waals surface area (Å²) >= 11 is 0. The average Bonchev–Trinajstić information content (AvgIpc) is 2.79. The van der Waals surface area contributed by atoms with Gasteiger partial charge in [-0.1, -0.05) is 48.5 Å². The fraction of sp³-hybridized carbons (Fsp3) is 0.440. The van der Waals surface area contributed by atoms with E-state index in [1.165, 1.54) is 5.56 Å². The standard InChI is InChI=1S/C25H33N3O2/c1-3-27(4-2)24(29)20-26-16-18-28(19-17-26)25(30)23-13-9-8-12-22(23)15-14-21-10-6-5-7-11-21/h5-13H,3-4,14-20H2,1-2H3. The molecule has 2 aromatic carbocycles. The SMILES string of the molecule is CCN(CC)C(=O)CN1CCN(C(=O)c2ccccc2CCc2ccccc2)CC1. The van der Waals surface area contributed by atoms with Crippen molar-refractivity contribution >= 4 is 11.8 Å². The van der Waals surface area contributed by atoms with E-state index in [0.29, 0.717) is 19.6 Å². The lowest BCUT2D eigenvalue weighted by molar-refractivity contribution is -0.132. The van der Waals surface area contributed by atoms with Gasteiger partial charge in [0.1, 0.15) is 0 Å². The Balaban J connectivity index is 1.57. The average molecular weight is 408 g/mol. The first-order chi connectivity index (χ1) is 14.6. The number of amides is 2. The van der Waals surface area contributed by atoms with E-state index >= 15 is 0 Å². The van der Waals surface area contributed by atoms with Crippen molar-refractivity contribution in [3.05, 3.63) is 71.3 Å². The van der Waals surface area contributed by atoms with Crippen molar-refractivity contribution in [2.75, 3.05) is 45.8 Å². The predicted octanol–water partition coefficient (Wildman–Crippen LogP) is 3.10. The van der Waals surface area contributed by atoms with Crippen molar-refractivity contribution in [1.82, 2.24) is 14.7 Å². The highest BCUT2D eigenvalue weighted by atomic mass is 16.2. The van der Waals surface area contributed by atoms with Crippen LogP contribution in [0.4, 0.5) is 0 Å². The Morgan fingerprint density at radius 2 is 1.47 bits per heavy atom. The van der Waals surface area contributed by atoms with E-state index < -0.39 is 0 Å². The van der Waals surface area contributed by atoms with Crippen LogP contribution in [0.2, 0.25) is 0 Å². The van der Waals surface area contributed by atoms with Crippen LogP contribution in [0.1, 0.15) is 35.3 Å². The summed E-state index contributed by atoms with van der Waals surface area (Å²) in [5.41, 5.74) is 3.19. The van der Waals surface area contributed by atoms with E-state index in [1.807, 2.05) is 47.9 Å². The zero-order chi connectivity index (χ0) is 21.3. The van der Waals surface area contributed by atoms with Gasteiger partial charge < -0.3 is 9.80 Å². The number of likely N-dealkylation sites (N-methyl/N-ethyl adjacent to an activating group) is 1. The number of hydrogen-bond acceptors (Lipinski definition) is 3. The molecule has 0 unspecified atom stereocenters. The fourth-order valence-corrected chi connectivity index (χ4v) is 4.02. The van der Waals surface area contributed by atoms with E-state index in [-0.39, 0.29) is 11.8 Å². The third-order valence-corrected chi connectivity index (χ3v) is 5.91. The monoisotopic (exact) mass is 407 g/mol. The van der Waals surface area contributed by atoms with Gasteiger partial charge in [-0.15, -0.1) is 0 Å². The summed E-state index contributed by atoms with van der Waals surface area (Å²) in [6, 6.07) is 18.3. The normalized spacial score (nSPS) is 14.5. The Bertz CT molecular complexity index is 825. The highest BCUT2D eigenvalue weighted by Gasteiger charge is 2.25. The number of benzene rings is 2. The van der Waals surface area contributed by atoms with Gasteiger partial charge in [0.05, 0.1) is 6.54 Å². The van der Waals surface area contributed by atoms with Crippen LogP contribution in [0.3, 0.4) is 0 Å². The molecule has 1 aliphatic rings. The van der Waals surface area contributed by atoms with Crippen LogP contribution in [0.15, 0.2) is 54.6 Å². The van der Waals surface area contributed by atoms with E-state index in [2.05, 4.69) is 35.2 Å². The van der Waals surface area contributed by atoms with Gasteiger partial charge in [-0.25, -0.2) is 0 Å². The summed E-state index contributed by atoms with van der Waals surface area (Å²) in [7, 11) is 0. The van der Waals surface area contributed by atoms with Crippen LogP contribution in [0, 0.1) is 0 Å². The zero-order valence-electron chi connectivity index (χ0n) is 18.2. The van der Waals surface area contributed by atoms with E-state index in [0.717, 1.165) is 50.1 Å². The molecule has 0 saturated carbocycles. The number of piperazine rings is 1. The molecule has 0 spiro atoms. The molecule has 0 bridgehead atoms. The maximum atomic E-state index is 13.2. The van der Waals surface area contributed by atoms with Crippen molar-refractivity contribution < 1.29 is 9.59 Å². The van der Waals surface area contributed by atoms with Crippen LogP contribution < -0.4 is 0 Å². The van der Waals surface area contributed by atoms with Crippen molar-refractivity contribution in [1.29, 1.82) is 0 Å². The second-order valence-electron chi connectivity index (χ2n) is 7.78. The second kappa shape index (κ2) is 10.9. The van der Waals surface area contributed by atoms with Gasteiger partial charge in [-0.2, -0.15) is 0 Å². The van der Waals surface area contributed by atoms with E-state index in [9.17, 15) is 9.59 Å². The first-order valence-corrected chi connectivity index (χ1v) is 11.0. The van der Waals surface area contributed by atoms with Gasteiger partial charge in [-0.3, -0.25) is 14.5 Å². The van der Waals surface area contributed by atoms with Gasteiger partial charge in [0.25, 0.3) is 5.91 Å². The Hall–Kier alpha value is -2.66. The summed E-state index contributed by atoms with van der Waals surface area (Å²) in [4.78, 5) is 31.5. The molecule has 1 aliphatic heterocycles. The maximum Gasteiger partial charge on any atom is 0.254 e. The molecule has 0 N–H and O–H groups in total. The first kappa shape index (κ1) is 22.0. The lowest BCUT2D eigenvalue weighted by Gasteiger charge is -2.35. The lowest BCUT2D eigenvalue weighted by atomic mass is 9.99. The minimum atomic E-state index is 0.105. The molecule has 160 valence electrons. The number of nitrogens with zero attached hydrogens (tertiary/aromatic N) is 3. The van der Waals surface area contributed by atoms with E-state index in [4.69, 9.17) is 0 Å². The minimum absolute atomic E-state index is 0.105. The van der Waals surface area contributed by atoms with Crippen molar-refractivity contribution in [2.45, 2.75) is 26.7 Å². The van der Waals surface area contributed by atoms with Crippen LogP contribution in [0.25, 0.3) is 0 Å². The molecule has 0 aliphatic carbocycles. The molecule has 2 aromatic rings. The third kappa shape index (κ3) is 5.70. The molecule has 5 nitrogen and oxygen atoms in total. The maximum absolute atomic E-state index is 13.2. The molecule has 1 saturated heterocycles. The highest BCUT2D eigenvalue weighted by Crippen LogP contribution is 2.16. The number of aryl methyl sites for hydroxylation is 2. The van der Waals surface area contributed by atoms with E-state index in [1.54, 1.807) is 0 Å². The van der Waals surface area contributed by atoms with Gasteiger partial charge in [-0.05, 0) is 43.9 Å². The molecule has 1 heterocycles. The molecule has 0 radical (unpaired) electrons. The van der Waals surface area contributed by atoms with Crippen molar-refractivity contribution in [3.8, 4) is 0 Å². The number of rotatable bonds is 8. The molecule has 30 heavy (non-hydrogen) atoms. The zero-order valence-corrected chi connectivity index (χ0v) is 18.2. The summed E-state index contributed by atoms with van der Waals surface area (Å²) in [6.45, 7) is 8.75. The van der Waals surface area contributed by atoms with Gasteiger partial charge >= 0.3 is 0 Å². The number of carbonyl (C=O) groups is 2. The number of carbonyl (C=O) groups excluding carboxylic acids is 2. The second-order valence-corrected chi connectivity index (χ2v) is 7.78.